The highest BCUT2D eigenvalue weighted by atomic mass is 15.0. The number of nitrogens with zero attached hydrogens (tertiary/aromatic N) is 2. The van der Waals surface area contributed by atoms with Crippen molar-refractivity contribution in [1.82, 2.24) is 14.9 Å². The molecule has 0 bridgehead atoms. The van der Waals surface area contributed by atoms with Gasteiger partial charge in [-0.3, -0.25) is 0 Å². The van der Waals surface area contributed by atoms with Crippen LogP contribution < -0.4 is 16.0 Å². The fourth-order valence-electron chi connectivity index (χ4n) is 0.831. The molecule has 0 amide bonds. The SMILES string of the molecule is C=C(/C=c1/ncn(C)c1=C)NC. The zero-order valence-corrected chi connectivity index (χ0v) is 7.46. The van der Waals surface area contributed by atoms with Crippen molar-refractivity contribution in [3.05, 3.63) is 29.3 Å². The van der Waals surface area contributed by atoms with Gasteiger partial charge in [0.25, 0.3) is 0 Å². The molecule has 0 saturated carbocycles. The number of hydrogen-bond acceptors (Lipinski definition) is 2. The maximum Gasteiger partial charge on any atom is 0.0955 e. The van der Waals surface area contributed by atoms with E-state index in [2.05, 4.69) is 23.5 Å². The molecule has 0 unspecified atom stereocenters. The first kappa shape index (κ1) is 8.59. The van der Waals surface area contributed by atoms with E-state index in [0.717, 1.165) is 16.4 Å². The molecule has 1 aromatic heterocycles. The lowest BCUT2D eigenvalue weighted by Crippen LogP contribution is -2.27. The number of hydrogen-bond donors (Lipinski definition) is 1. The standard InChI is InChI=1S/C9H13N3/c1-7(10-3)5-9-8(2)12(4)6-11-9/h5-6,10H,1-2H2,3-4H3/b9-5+. The summed E-state index contributed by atoms with van der Waals surface area (Å²) >= 11 is 0. The smallest absolute Gasteiger partial charge is 0.0955 e. The molecule has 12 heavy (non-hydrogen) atoms. The van der Waals surface area contributed by atoms with Crippen molar-refractivity contribution in [3.8, 4) is 0 Å². The molecule has 0 fully saturated rings. The highest BCUT2D eigenvalue weighted by Crippen LogP contribution is 1.79. The van der Waals surface area contributed by atoms with Crippen molar-refractivity contribution in [2.45, 2.75) is 0 Å². The van der Waals surface area contributed by atoms with Crippen LogP contribution in [-0.2, 0) is 7.05 Å². The van der Waals surface area contributed by atoms with E-state index in [1.807, 2.05) is 24.7 Å². The Kier molecular flexibility index (Phi) is 2.33. The van der Waals surface area contributed by atoms with Crippen LogP contribution in [0.15, 0.2) is 18.6 Å². The topological polar surface area (TPSA) is 29.9 Å². The molecule has 3 heteroatoms. The molecule has 0 aliphatic heterocycles. The van der Waals surface area contributed by atoms with Gasteiger partial charge in [-0.2, -0.15) is 0 Å². The van der Waals surface area contributed by atoms with E-state index in [1.54, 1.807) is 6.33 Å². The van der Waals surface area contributed by atoms with Crippen LogP contribution >= 0.6 is 0 Å². The molecule has 1 rings (SSSR count). The molecule has 0 atom stereocenters. The minimum atomic E-state index is 0.832. The maximum atomic E-state index is 4.15. The molecule has 0 spiro atoms. The monoisotopic (exact) mass is 163 g/mol. The van der Waals surface area contributed by atoms with Crippen LogP contribution in [0.1, 0.15) is 0 Å². The summed E-state index contributed by atoms with van der Waals surface area (Å²) in [6, 6.07) is 0. The first-order valence-electron chi connectivity index (χ1n) is 3.70. The lowest BCUT2D eigenvalue weighted by Gasteiger charge is -1.93. The molecule has 0 radical (unpaired) electrons. The van der Waals surface area contributed by atoms with Gasteiger partial charge in [0, 0.05) is 19.8 Å². The quantitative estimate of drug-likeness (QED) is 0.627. The predicted molar refractivity (Wildman–Crippen MR) is 50.6 cm³/mol. The normalized spacial score (nSPS) is 11.7. The molecule has 0 aromatic carbocycles. The van der Waals surface area contributed by atoms with Crippen LogP contribution in [0, 0.1) is 0 Å². The van der Waals surface area contributed by atoms with Crippen LogP contribution in [0.2, 0.25) is 0 Å². The molecule has 0 aliphatic rings. The molecule has 64 valence electrons. The van der Waals surface area contributed by atoms with Crippen LogP contribution in [0.5, 0.6) is 0 Å². The van der Waals surface area contributed by atoms with E-state index < -0.39 is 0 Å². The number of imidazole rings is 1. The average molecular weight is 163 g/mol. The van der Waals surface area contributed by atoms with Crippen LogP contribution in [0.25, 0.3) is 12.7 Å². The Bertz CT molecular complexity index is 386. The van der Waals surface area contributed by atoms with Crippen LogP contribution in [0.3, 0.4) is 0 Å². The summed E-state index contributed by atoms with van der Waals surface area (Å²) in [5, 5.41) is 4.68. The minimum Gasteiger partial charge on any atom is -0.389 e. The fraction of sp³-hybridized carbons (Fsp3) is 0.222. The Hall–Kier alpha value is -1.51. The third-order valence-corrected chi connectivity index (χ3v) is 1.72. The van der Waals surface area contributed by atoms with Crippen molar-refractivity contribution < 1.29 is 0 Å². The highest BCUT2D eigenvalue weighted by Gasteiger charge is 1.89. The maximum absolute atomic E-state index is 4.15. The van der Waals surface area contributed by atoms with Crippen LogP contribution in [0.4, 0.5) is 0 Å². The zero-order valence-electron chi connectivity index (χ0n) is 7.46. The van der Waals surface area contributed by atoms with Gasteiger partial charge >= 0.3 is 0 Å². The summed E-state index contributed by atoms with van der Waals surface area (Å²) in [6.07, 6.45) is 3.60. The Morgan fingerprint density at radius 3 is 2.83 bits per heavy atom. The van der Waals surface area contributed by atoms with Crippen LogP contribution in [-0.4, -0.2) is 16.6 Å². The van der Waals surface area contributed by atoms with Gasteiger partial charge in [0.1, 0.15) is 0 Å². The predicted octanol–water partition coefficient (Wildman–Crippen LogP) is -0.656. The molecule has 3 nitrogen and oxygen atoms in total. The molecule has 1 heterocycles. The molecule has 1 N–H and O–H groups in total. The van der Waals surface area contributed by atoms with Gasteiger partial charge < -0.3 is 9.88 Å². The third-order valence-electron chi connectivity index (χ3n) is 1.72. The molecule has 0 aliphatic carbocycles. The fourth-order valence-corrected chi connectivity index (χ4v) is 0.831. The summed E-state index contributed by atoms with van der Waals surface area (Å²) in [4.78, 5) is 4.15. The van der Waals surface area contributed by atoms with Gasteiger partial charge in [-0.25, -0.2) is 4.98 Å². The molecule has 0 saturated heterocycles. The summed E-state index contributed by atoms with van der Waals surface area (Å²) in [7, 11) is 3.74. The van der Waals surface area contributed by atoms with Crippen molar-refractivity contribution >= 4 is 12.7 Å². The first-order chi connectivity index (χ1) is 5.65. The summed E-state index contributed by atoms with van der Waals surface area (Å²) in [5.41, 5.74) is 0.832. The third kappa shape index (κ3) is 1.56. The van der Waals surface area contributed by atoms with E-state index >= 15 is 0 Å². The van der Waals surface area contributed by atoms with Crippen molar-refractivity contribution in [1.29, 1.82) is 0 Å². The van der Waals surface area contributed by atoms with E-state index in [-0.39, 0.29) is 0 Å². The molecule has 1 aromatic rings. The van der Waals surface area contributed by atoms with Gasteiger partial charge in [0.2, 0.25) is 0 Å². The average Bonchev–Trinajstić information content (AvgIpc) is 2.36. The molecular weight excluding hydrogens is 150 g/mol. The van der Waals surface area contributed by atoms with Gasteiger partial charge in [-0.15, -0.1) is 0 Å². The van der Waals surface area contributed by atoms with Gasteiger partial charge in [-0.1, -0.05) is 13.2 Å². The van der Waals surface area contributed by atoms with E-state index in [1.165, 1.54) is 0 Å². The van der Waals surface area contributed by atoms with Crippen molar-refractivity contribution in [2.75, 3.05) is 7.05 Å². The largest absolute Gasteiger partial charge is 0.389 e. The summed E-state index contributed by atoms with van der Waals surface area (Å²) in [5.74, 6) is 0. The highest BCUT2D eigenvalue weighted by molar-refractivity contribution is 5.41. The first-order valence-corrected chi connectivity index (χ1v) is 3.70. The van der Waals surface area contributed by atoms with Gasteiger partial charge in [0.15, 0.2) is 0 Å². The summed E-state index contributed by atoms with van der Waals surface area (Å²) in [6.45, 7) is 7.64. The van der Waals surface area contributed by atoms with Gasteiger partial charge in [-0.05, 0) is 6.08 Å². The van der Waals surface area contributed by atoms with Crippen molar-refractivity contribution in [3.63, 3.8) is 0 Å². The van der Waals surface area contributed by atoms with E-state index in [4.69, 9.17) is 0 Å². The number of aryl methyl sites for hydroxylation is 1. The molecular formula is C9H13N3. The second kappa shape index (κ2) is 3.26. The van der Waals surface area contributed by atoms with Gasteiger partial charge in [0.05, 0.1) is 17.0 Å². The Balaban J connectivity index is 3.20. The Morgan fingerprint density at radius 1 is 1.75 bits per heavy atom. The zero-order chi connectivity index (χ0) is 9.14. The Morgan fingerprint density at radius 2 is 2.42 bits per heavy atom. The van der Waals surface area contributed by atoms with Crippen molar-refractivity contribution in [2.24, 2.45) is 7.05 Å². The number of aromatic nitrogens is 2. The summed E-state index contributed by atoms with van der Waals surface area (Å²) < 4.78 is 1.87. The number of allylic oxidation sites excluding steroid dienone is 1. The lowest BCUT2D eigenvalue weighted by molar-refractivity contribution is 0.883. The van der Waals surface area contributed by atoms with E-state index in [9.17, 15) is 0 Å². The van der Waals surface area contributed by atoms with E-state index in [0.29, 0.717) is 0 Å². The second-order valence-electron chi connectivity index (χ2n) is 2.61. The lowest BCUT2D eigenvalue weighted by atomic mass is 10.4. The second-order valence-corrected chi connectivity index (χ2v) is 2.61. The number of nitrogens with one attached hydrogen (secondary N) is 1. The number of rotatable bonds is 2. The Labute approximate surface area is 71.7 Å². The minimum absolute atomic E-state index is 0.832.